The molecular formula is C15H14N6O5. The number of benzene rings is 1. The van der Waals surface area contributed by atoms with Crippen molar-refractivity contribution in [2.24, 2.45) is 0 Å². The van der Waals surface area contributed by atoms with E-state index < -0.39 is 9.85 Å². The molecule has 0 saturated carbocycles. The summed E-state index contributed by atoms with van der Waals surface area (Å²) in [4.78, 5) is 34.0. The van der Waals surface area contributed by atoms with Crippen molar-refractivity contribution in [3.05, 3.63) is 38.4 Å². The van der Waals surface area contributed by atoms with Crippen LogP contribution in [0.15, 0.2) is 18.2 Å². The van der Waals surface area contributed by atoms with Gasteiger partial charge in [0.05, 0.1) is 17.0 Å². The van der Waals surface area contributed by atoms with E-state index in [1.807, 2.05) is 0 Å². The summed E-state index contributed by atoms with van der Waals surface area (Å²) < 4.78 is 5.00. The molecule has 0 bridgehead atoms. The van der Waals surface area contributed by atoms with Crippen LogP contribution in [-0.4, -0.2) is 53.1 Å². The van der Waals surface area contributed by atoms with Crippen LogP contribution in [0, 0.1) is 20.2 Å². The molecule has 0 atom stereocenters. The van der Waals surface area contributed by atoms with Gasteiger partial charge in [-0.25, -0.2) is 9.97 Å². The summed E-state index contributed by atoms with van der Waals surface area (Å²) in [5.74, 6) is 0.837. The van der Waals surface area contributed by atoms with Crippen molar-refractivity contribution in [2.45, 2.75) is 0 Å². The van der Waals surface area contributed by atoms with Gasteiger partial charge in [-0.2, -0.15) is 0 Å². The molecule has 1 aromatic heterocycles. The molecule has 11 heteroatoms. The van der Waals surface area contributed by atoms with Crippen molar-refractivity contribution in [3.8, 4) is 17.1 Å². The Morgan fingerprint density at radius 3 is 2.00 bits per heavy atom. The maximum Gasteiger partial charge on any atom is 0.353 e. The fourth-order valence-electron chi connectivity index (χ4n) is 2.66. The molecule has 134 valence electrons. The first-order valence-electron chi connectivity index (χ1n) is 7.88. The molecule has 0 unspecified atom stereocenters. The fourth-order valence-corrected chi connectivity index (χ4v) is 2.66. The number of nitro groups is 2. The number of anilines is 2. The largest absolute Gasteiger partial charge is 0.490 e. The second-order valence-electron chi connectivity index (χ2n) is 5.92. The number of hydrogen-bond acceptors (Lipinski definition) is 9. The van der Waals surface area contributed by atoms with Crippen molar-refractivity contribution in [1.82, 2.24) is 9.97 Å². The third kappa shape index (κ3) is 2.72. The highest BCUT2D eigenvalue weighted by molar-refractivity contribution is 5.78. The van der Waals surface area contributed by atoms with Crippen molar-refractivity contribution in [3.63, 3.8) is 0 Å². The lowest BCUT2D eigenvalue weighted by Gasteiger charge is -2.11. The molecule has 2 aromatic rings. The molecule has 2 saturated heterocycles. The summed E-state index contributed by atoms with van der Waals surface area (Å²) in [5, 5.41) is 22.8. The van der Waals surface area contributed by atoms with Gasteiger partial charge in [0, 0.05) is 37.8 Å². The third-order valence-corrected chi connectivity index (χ3v) is 4.16. The summed E-state index contributed by atoms with van der Waals surface area (Å²) in [6.07, 6.45) is 0. The minimum atomic E-state index is -0.551. The van der Waals surface area contributed by atoms with E-state index in [1.165, 1.54) is 19.2 Å². The average Bonchev–Trinajstić information content (AvgIpc) is 3.51. The maximum atomic E-state index is 11.5. The van der Waals surface area contributed by atoms with Crippen LogP contribution < -0.4 is 14.5 Å². The molecule has 0 radical (unpaired) electrons. The smallest absolute Gasteiger partial charge is 0.353 e. The Labute approximate surface area is 147 Å². The second-order valence-corrected chi connectivity index (χ2v) is 5.92. The average molecular weight is 358 g/mol. The highest BCUT2D eigenvalue weighted by Crippen LogP contribution is 2.41. The van der Waals surface area contributed by atoms with Crippen LogP contribution in [0.4, 0.5) is 23.0 Å². The van der Waals surface area contributed by atoms with E-state index in [4.69, 9.17) is 4.74 Å². The van der Waals surface area contributed by atoms with Crippen LogP contribution in [0.1, 0.15) is 0 Å². The highest BCUT2D eigenvalue weighted by Gasteiger charge is 2.38. The Bertz CT molecular complexity index is 892. The Kier molecular flexibility index (Phi) is 3.56. The summed E-state index contributed by atoms with van der Waals surface area (Å²) in [6.45, 7) is 2.72. The van der Waals surface area contributed by atoms with Gasteiger partial charge in [0.15, 0.2) is 11.6 Å². The van der Waals surface area contributed by atoms with Gasteiger partial charge in [0.2, 0.25) is 11.6 Å². The lowest BCUT2D eigenvalue weighted by atomic mass is 10.1. The fraction of sp³-hybridized carbons (Fsp3) is 0.333. The van der Waals surface area contributed by atoms with Crippen molar-refractivity contribution in [2.75, 3.05) is 43.1 Å². The number of ether oxygens (including phenoxy) is 1. The van der Waals surface area contributed by atoms with E-state index >= 15 is 0 Å². The Balaban J connectivity index is 1.88. The standard InChI is InChI=1S/C15H14N6O5/c1-26-11-3-2-9(8-10(11)20(22)23)13-16-14(18-4-5-18)12(21(24)25)15(17-13)19-6-7-19/h2-3,8H,4-7H2,1H3. The first-order chi connectivity index (χ1) is 12.5. The van der Waals surface area contributed by atoms with Crippen LogP contribution in [0.5, 0.6) is 5.75 Å². The lowest BCUT2D eigenvalue weighted by Crippen LogP contribution is -2.09. The van der Waals surface area contributed by atoms with E-state index in [2.05, 4.69) is 9.97 Å². The maximum absolute atomic E-state index is 11.5. The van der Waals surface area contributed by atoms with Gasteiger partial charge in [-0.3, -0.25) is 20.2 Å². The molecule has 1 aromatic carbocycles. The number of hydrogen-bond donors (Lipinski definition) is 0. The van der Waals surface area contributed by atoms with E-state index in [9.17, 15) is 20.2 Å². The molecule has 0 spiro atoms. The molecule has 0 N–H and O–H groups in total. The summed E-state index contributed by atoms with van der Waals surface area (Å²) in [7, 11) is 1.35. The van der Waals surface area contributed by atoms with Gasteiger partial charge in [-0.1, -0.05) is 0 Å². The molecule has 11 nitrogen and oxygen atoms in total. The Morgan fingerprint density at radius 2 is 1.58 bits per heavy atom. The van der Waals surface area contributed by atoms with Gasteiger partial charge in [0.1, 0.15) is 0 Å². The summed E-state index contributed by atoms with van der Waals surface area (Å²) in [5.41, 5.74) is 0.0684. The van der Waals surface area contributed by atoms with Crippen molar-refractivity contribution in [1.29, 1.82) is 0 Å². The molecular weight excluding hydrogens is 344 g/mol. The normalized spacial score (nSPS) is 15.0. The molecule has 2 aliphatic rings. The zero-order valence-electron chi connectivity index (χ0n) is 13.8. The molecule has 26 heavy (non-hydrogen) atoms. The first-order valence-corrected chi connectivity index (χ1v) is 7.88. The zero-order chi connectivity index (χ0) is 18.4. The number of nitrogens with zero attached hydrogens (tertiary/aromatic N) is 6. The Hall–Kier alpha value is -3.50. The van der Waals surface area contributed by atoms with E-state index in [0.29, 0.717) is 31.7 Å². The monoisotopic (exact) mass is 358 g/mol. The number of methoxy groups -OCH3 is 1. The minimum Gasteiger partial charge on any atom is -0.490 e. The van der Waals surface area contributed by atoms with Crippen LogP contribution >= 0.6 is 0 Å². The highest BCUT2D eigenvalue weighted by atomic mass is 16.6. The van der Waals surface area contributed by atoms with E-state index in [0.717, 1.165) is 0 Å². The molecule has 0 amide bonds. The second kappa shape index (κ2) is 5.79. The van der Waals surface area contributed by atoms with Gasteiger partial charge >= 0.3 is 11.4 Å². The number of rotatable bonds is 6. The molecule has 0 aliphatic carbocycles. The summed E-state index contributed by atoms with van der Waals surface area (Å²) >= 11 is 0. The summed E-state index contributed by atoms with van der Waals surface area (Å²) in [6, 6.07) is 4.38. The van der Waals surface area contributed by atoms with Crippen molar-refractivity contribution >= 4 is 23.0 Å². The quantitative estimate of drug-likeness (QED) is 0.430. The van der Waals surface area contributed by atoms with Crippen LogP contribution in [0.2, 0.25) is 0 Å². The van der Waals surface area contributed by atoms with E-state index in [1.54, 1.807) is 15.9 Å². The predicted octanol–water partition coefficient (Wildman–Crippen LogP) is 1.61. The third-order valence-electron chi connectivity index (χ3n) is 4.16. The van der Waals surface area contributed by atoms with Crippen LogP contribution in [-0.2, 0) is 0 Å². The topological polar surface area (TPSA) is 127 Å². The number of nitro benzene ring substituents is 1. The first kappa shape index (κ1) is 16.0. The van der Waals surface area contributed by atoms with Gasteiger partial charge in [-0.05, 0) is 12.1 Å². The predicted molar refractivity (Wildman–Crippen MR) is 91.8 cm³/mol. The number of aromatic nitrogens is 2. The van der Waals surface area contributed by atoms with Crippen molar-refractivity contribution < 1.29 is 14.6 Å². The Morgan fingerprint density at radius 1 is 1.00 bits per heavy atom. The molecule has 2 aliphatic heterocycles. The SMILES string of the molecule is COc1ccc(-c2nc(N3CC3)c([N+](=O)[O-])c(N3CC3)n2)cc1[N+](=O)[O-]. The minimum absolute atomic E-state index is 0.119. The van der Waals surface area contributed by atoms with Gasteiger partial charge in [-0.15, -0.1) is 0 Å². The molecule has 2 fully saturated rings. The van der Waals surface area contributed by atoms with Crippen LogP contribution in [0.25, 0.3) is 11.4 Å². The van der Waals surface area contributed by atoms with E-state index in [-0.39, 0.29) is 34.6 Å². The molecule has 4 rings (SSSR count). The lowest BCUT2D eigenvalue weighted by molar-refractivity contribution is -0.385. The zero-order valence-corrected chi connectivity index (χ0v) is 13.8. The van der Waals surface area contributed by atoms with Gasteiger partial charge < -0.3 is 14.5 Å². The van der Waals surface area contributed by atoms with Gasteiger partial charge in [0.25, 0.3) is 0 Å². The molecule has 3 heterocycles. The van der Waals surface area contributed by atoms with Crippen LogP contribution in [0.3, 0.4) is 0 Å².